The van der Waals surface area contributed by atoms with E-state index in [9.17, 15) is 4.79 Å². The summed E-state index contributed by atoms with van der Waals surface area (Å²) in [5.41, 5.74) is 0.377. The van der Waals surface area contributed by atoms with Crippen LogP contribution in [0.4, 0.5) is 4.79 Å². The third kappa shape index (κ3) is 3.15. The van der Waals surface area contributed by atoms with Gasteiger partial charge in [0.25, 0.3) is 0 Å². The molecule has 0 spiro atoms. The molecule has 1 aromatic carbocycles. The predicted molar refractivity (Wildman–Crippen MR) is 46.5 cm³/mol. The second kappa shape index (κ2) is 4.09. The molecule has 0 aliphatic heterocycles. The molecule has 0 fully saturated rings. The lowest BCUT2D eigenvalue weighted by molar-refractivity contribution is 0.221. The Hall–Kier alpha value is -0.880. The number of benzene rings is 1. The highest BCUT2D eigenvalue weighted by Crippen LogP contribution is 2.18. The van der Waals surface area contributed by atoms with Crippen molar-refractivity contribution in [3.8, 4) is 0 Å². The smallest absolute Gasteiger partial charge is 0.320 e. The average molecular weight is 168 g/mol. The van der Waals surface area contributed by atoms with Crippen molar-refractivity contribution < 1.29 is 9.90 Å². The van der Waals surface area contributed by atoms with Gasteiger partial charge in [-0.2, -0.15) is 0 Å². The lowest BCUT2D eigenvalue weighted by Gasteiger charge is -1.95. The van der Waals surface area contributed by atoms with Crippen LogP contribution in [-0.4, -0.2) is 10.8 Å². The second-order valence-electron chi connectivity index (χ2n) is 2.14. The summed E-state index contributed by atoms with van der Waals surface area (Å²) in [6.45, 7) is 0. The van der Waals surface area contributed by atoms with Crippen molar-refractivity contribution in [2.75, 3.05) is 0 Å². The topological polar surface area (TPSA) is 37.3 Å². The van der Waals surface area contributed by atoms with Gasteiger partial charge in [-0.05, 0) is 14.1 Å². The van der Waals surface area contributed by atoms with Crippen LogP contribution in [0.3, 0.4) is 0 Å². The van der Waals surface area contributed by atoms with E-state index in [0.29, 0.717) is 6.16 Å². The molecular weight excluding hydrogens is 159 g/mol. The molecule has 0 amide bonds. The molecule has 0 bridgehead atoms. The average Bonchev–Trinajstić information content (AvgIpc) is 2.03. The first-order chi connectivity index (χ1) is 5.29. The highest BCUT2D eigenvalue weighted by Gasteiger charge is 1.96. The number of rotatable bonds is 3. The van der Waals surface area contributed by atoms with Gasteiger partial charge in [0, 0.05) is 6.16 Å². The summed E-state index contributed by atoms with van der Waals surface area (Å²) < 4.78 is 0. The summed E-state index contributed by atoms with van der Waals surface area (Å²) in [7, 11) is -0.0173. The summed E-state index contributed by atoms with van der Waals surface area (Å²) in [5.74, 6) is 0. The normalized spacial score (nSPS) is 10.5. The second-order valence-corrected chi connectivity index (χ2v) is 3.28. The quantitative estimate of drug-likeness (QED) is 0.704. The molecule has 0 saturated heterocycles. The maximum Gasteiger partial charge on any atom is 0.320 e. The third-order valence-electron chi connectivity index (χ3n) is 1.29. The molecule has 0 aliphatic carbocycles. The highest BCUT2D eigenvalue weighted by atomic mass is 31.1. The molecule has 1 N–H and O–H groups in total. The Labute approximate surface area is 67.0 Å². The van der Waals surface area contributed by atoms with Gasteiger partial charge in [-0.3, -0.25) is 0 Å². The van der Waals surface area contributed by atoms with Crippen LogP contribution in [0.1, 0.15) is 5.56 Å². The molecule has 58 valence electrons. The Kier molecular flexibility index (Phi) is 3.06. The van der Waals surface area contributed by atoms with E-state index in [4.69, 9.17) is 5.11 Å². The molecule has 1 atom stereocenters. The van der Waals surface area contributed by atoms with Crippen molar-refractivity contribution in [2.45, 2.75) is 6.16 Å². The summed E-state index contributed by atoms with van der Waals surface area (Å²) in [5, 5.41) is 8.39. The minimum atomic E-state index is -0.714. The molecule has 1 aromatic rings. The fourth-order valence-electron chi connectivity index (χ4n) is 0.774. The number of carboxylic acid groups (broad SMARTS) is 1. The van der Waals surface area contributed by atoms with E-state index >= 15 is 0 Å². The molecule has 0 saturated carbocycles. The zero-order valence-electron chi connectivity index (χ0n) is 5.95. The number of hydrogen-bond donors (Lipinski definition) is 1. The largest absolute Gasteiger partial charge is 0.478 e. The summed E-state index contributed by atoms with van der Waals surface area (Å²) in [6.07, 6.45) is 0.649. The van der Waals surface area contributed by atoms with E-state index in [1.165, 1.54) is 0 Å². The highest BCUT2D eigenvalue weighted by molar-refractivity contribution is 7.56. The van der Waals surface area contributed by atoms with Crippen LogP contribution in [-0.2, 0) is 6.16 Å². The Morgan fingerprint density at radius 3 is 2.55 bits per heavy atom. The Bertz CT molecular complexity index is 233. The van der Waals surface area contributed by atoms with E-state index in [0.717, 1.165) is 5.56 Å². The molecule has 0 radical (unpaired) electrons. The molecule has 1 rings (SSSR count). The van der Waals surface area contributed by atoms with Gasteiger partial charge in [-0.15, -0.1) is 0 Å². The molecule has 0 aliphatic rings. The Morgan fingerprint density at radius 2 is 2.00 bits per heavy atom. The van der Waals surface area contributed by atoms with Crippen molar-refractivity contribution in [1.82, 2.24) is 0 Å². The first-order valence-electron chi connectivity index (χ1n) is 3.30. The van der Waals surface area contributed by atoms with Crippen LogP contribution in [0, 0.1) is 0 Å². The van der Waals surface area contributed by atoms with Crippen LogP contribution < -0.4 is 0 Å². The molecule has 11 heavy (non-hydrogen) atoms. The fourth-order valence-corrected chi connectivity index (χ4v) is 1.36. The van der Waals surface area contributed by atoms with Crippen LogP contribution in [0.2, 0.25) is 0 Å². The molecule has 0 aromatic heterocycles. The van der Waals surface area contributed by atoms with Gasteiger partial charge < -0.3 is 5.11 Å². The van der Waals surface area contributed by atoms with Crippen LogP contribution >= 0.6 is 8.58 Å². The van der Waals surface area contributed by atoms with Crippen molar-refractivity contribution in [3.05, 3.63) is 35.9 Å². The van der Waals surface area contributed by atoms with E-state index in [-0.39, 0.29) is 8.58 Å². The lowest BCUT2D eigenvalue weighted by atomic mass is 10.2. The minimum Gasteiger partial charge on any atom is -0.478 e. The van der Waals surface area contributed by atoms with Gasteiger partial charge in [-0.1, -0.05) is 30.3 Å². The first-order valence-corrected chi connectivity index (χ1v) is 4.50. The van der Waals surface area contributed by atoms with Crippen molar-refractivity contribution >= 4 is 14.3 Å². The van der Waals surface area contributed by atoms with Crippen molar-refractivity contribution in [3.63, 3.8) is 0 Å². The van der Waals surface area contributed by atoms with Crippen LogP contribution in [0.25, 0.3) is 0 Å². The SMILES string of the molecule is O=C(O)PCc1ccccc1. The van der Waals surface area contributed by atoms with Gasteiger partial charge in [0.15, 0.2) is 0 Å². The summed E-state index contributed by atoms with van der Waals surface area (Å²) in [4.78, 5) is 10.2. The van der Waals surface area contributed by atoms with Gasteiger partial charge in [0.2, 0.25) is 0 Å². The van der Waals surface area contributed by atoms with Crippen molar-refractivity contribution in [2.24, 2.45) is 0 Å². The zero-order chi connectivity index (χ0) is 8.10. The number of carbonyl (C=O) groups is 1. The molecule has 1 unspecified atom stereocenters. The molecular formula is C8H9O2P. The van der Waals surface area contributed by atoms with Crippen LogP contribution in [0.5, 0.6) is 0 Å². The van der Waals surface area contributed by atoms with Gasteiger partial charge >= 0.3 is 5.71 Å². The monoisotopic (exact) mass is 168 g/mol. The number of hydrogen-bond acceptors (Lipinski definition) is 1. The predicted octanol–water partition coefficient (Wildman–Crippen LogP) is 2.54. The fraction of sp³-hybridized carbons (Fsp3) is 0.125. The summed E-state index contributed by atoms with van der Waals surface area (Å²) in [6, 6.07) is 9.64. The Balaban J connectivity index is 2.45. The Morgan fingerprint density at radius 1 is 1.36 bits per heavy atom. The van der Waals surface area contributed by atoms with Gasteiger partial charge in [0.1, 0.15) is 0 Å². The first kappa shape index (κ1) is 8.22. The van der Waals surface area contributed by atoms with E-state index in [1.807, 2.05) is 30.3 Å². The maximum absolute atomic E-state index is 10.2. The standard InChI is InChI=1S/C8H9O2P/c9-8(10)11-6-7-4-2-1-3-5-7/h1-5,11H,6H2,(H,9,10). The van der Waals surface area contributed by atoms with Crippen LogP contribution in [0.15, 0.2) is 30.3 Å². The lowest BCUT2D eigenvalue weighted by Crippen LogP contribution is -1.82. The van der Waals surface area contributed by atoms with Gasteiger partial charge in [-0.25, -0.2) is 4.79 Å². The minimum absolute atomic E-state index is 0.0173. The molecule has 0 heterocycles. The van der Waals surface area contributed by atoms with E-state index in [2.05, 4.69) is 0 Å². The van der Waals surface area contributed by atoms with Gasteiger partial charge in [0.05, 0.1) is 0 Å². The van der Waals surface area contributed by atoms with E-state index < -0.39 is 5.71 Å². The third-order valence-corrected chi connectivity index (χ3v) is 2.17. The molecule has 3 heteroatoms. The summed E-state index contributed by atoms with van der Waals surface area (Å²) >= 11 is 0. The van der Waals surface area contributed by atoms with E-state index in [1.54, 1.807) is 0 Å². The van der Waals surface area contributed by atoms with Crippen molar-refractivity contribution in [1.29, 1.82) is 0 Å². The maximum atomic E-state index is 10.2. The molecule has 2 nitrogen and oxygen atoms in total. The zero-order valence-corrected chi connectivity index (χ0v) is 6.95.